The average Bonchev–Trinajstić information content (AvgIpc) is 2.67. The molecule has 9 heteroatoms. The van der Waals surface area contributed by atoms with Gasteiger partial charge in [0.25, 0.3) is 0 Å². The number of hydrogen-bond acceptors (Lipinski definition) is 4. The van der Waals surface area contributed by atoms with E-state index in [0.29, 0.717) is 13.0 Å². The van der Waals surface area contributed by atoms with Gasteiger partial charge >= 0.3 is 12.1 Å². The molecule has 1 heterocycles. The van der Waals surface area contributed by atoms with Gasteiger partial charge in [0.15, 0.2) is 0 Å². The van der Waals surface area contributed by atoms with E-state index in [1.807, 2.05) is 24.3 Å². The largest absolute Gasteiger partial charge is 0.468 e. The summed E-state index contributed by atoms with van der Waals surface area (Å²) in [5.41, 5.74) is 0.491. The van der Waals surface area contributed by atoms with Crippen LogP contribution in [-0.4, -0.2) is 36.5 Å². The second-order valence-corrected chi connectivity index (χ2v) is 7.09. The first-order valence-corrected chi connectivity index (χ1v) is 9.12. The zero-order valence-electron chi connectivity index (χ0n) is 15.4. The van der Waals surface area contributed by atoms with E-state index >= 15 is 0 Å². The summed E-state index contributed by atoms with van der Waals surface area (Å²) in [6.45, 7) is 0.0319. The first kappa shape index (κ1) is 21.1. The Labute approximate surface area is 170 Å². The maximum absolute atomic E-state index is 13.2. The fraction of sp³-hybridized carbons (Fsp3) is 0.300. The first-order valence-electron chi connectivity index (χ1n) is 8.74. The second kappa shape index (κ2) is 8.42. The fourth-order valence-electron chi connectivity index (χ4n) is 3.35. The monoisotopic (exact) mass is 426 g/mol. The van der Waals surface area contributed by atoms with E-state index < -0.39 is 29.7 Å². The molecule has 0 aromatic heterocycles. The predicted molar refractivity (Wildman–Crippen MR) is 101 cm³/mol. The van der Waals surface area contributed by atoms with Gasteiger partial charge in [0.1, 0.15) is 6.04 Å². The average molecular weight is 427 g/mol. The normalized spacial score (nSPS) is 16.8. The Morgan fingerprint density at radius 2 is 1.90 bits per heavy atom. The Kier molecular flexibility index (Phi) is 6.14. The number of fused-ring (bicyclic) bond motifs is 1. The summed E-state index contributed by atoms with van der Waals surface area (Å²) in [5, 5.41) is 2.19. The van der Waals surface area contributed by atoms with Crippen molar-refractivity contribution in [3.63, 3.8) is 0 Å². The van der Waals surface area contributed by atoms with Crippen LogP contribution in [0.25, 0.3) is 0 Å². The molecule has 1 aliphatic rings. The van der Waals surface area contributed by atoms with Gasteiger partial charge in [-0.15, -0.1) is 0 Å². The molecule has 1 N–H and O–H groups in total. The van der Waals surface area contributed by atoms with Crippen LogP contribution in [0.1, 0.15) is 16.7 Å². The van der Waals surface area contributed by atoms with Crippen LogP contribution in [0.4, 0.5) is 18.9 Å². The number of esters is 1. The molecule has 5 nitrogen and oxygen atoms in total. The van der Waals surface area contributed by atoms with Crippen molar-refractivity contribution in [1.29, 1.82) is 0 Å². The molecule has 0 fully saturated rings. The molecule has 29 heavy (non-hydrogen) atoms. The number of carbonyl (C=O) groups excluding carboxylic acids is 2. The minimum absolute atomic E-state index is 0.0892. The summed E-state index contributed by atoms with van der Waals surface area (Å²) in [6.07, 6.45) is -4.32. The van der Waals surface area contributed by atoms with E-state index in [9.17, 15) is 22.8 Å². The van der Waals surface area contributed by atoms with Crippen LogP contribution in [0, 0.1) is 0 Å². The van der Waals surface area contributed by atoms with Crippen molar-refractivity contribution in [2.75, 3.05) is 19.0 Å². The summed E-state index contributed by atoms with van der Waals surface area (Å²) in [4.78, 5) is 26.3. The van der Waals surface area contributed by atoms with Crippen molar-refractivity contribution in [3.8, 4) is 0 Å². The number of methoxy groups -OCH3 is 1. The molecule has 0 saturated heterocycles. The number of anilines is 1. The molecule has 0 bridgehead atoms. The summed E-state index contributed by atoms with van der Waals surface area (Å²) in [6, 6.07) is 9.90. The standard InChI is InChI=1S/C20H18ClF3N2O3/c1-29-19(28)17-8-12-4-2-3-5-13(12)10-26(17)11-18(27)25-16-7-6-14(21)9-15(16)20(22,23)24/h2-7,9,17H,8,10-11H2,1H3,(H,25,27). The quantitative estimate of drug-likeness (QED) is 0.753. The highest BCUT2D eigenvalue weighted by Crippen LogP contribution is 2.36. The highest BCUT2D eigenvalue weighted by atomic mass is 35.5. The SMILES string of the molecule is COC(=O)C1Cc2ccccc2CN1CC(=O)Nc1ccc(Cl)cc1C(F)(F)F. The molecule has 2 aromatic rings. The lowest BCUT2D eigenvalue weighted by molar-refractivity contribution is -0.148. The van der Waals surface area contributed by atoms with Crippen LogP contribution < -0.4 is 5.32 Å². The molecule has 0 aliphatic carbocycles. The van der Waals surface area contributed by atoms with Crippen molar-refractivity contribution >= 4 is 29.2 Å². The Bertz CT molecular complexity index is 933. The summed E-state index contributed by atoms with van der Waals surface area (Å²) in [5.74, 6) is -1.18. The molecule has 154 valence electrons. The van der Waals surface area contributed by atoms with Gasteiger partial charge in [0, 0.05) is 11.6 Å². The predicted octanol–water partition coefficient (Wildman–Crippen LogP) is 3.90. The van der Waals surface area contributed by atoms with Gasteiger partial charge in [-0.25, -0.2) is 0 Å². The summed E-state index contributed by atoms with van der Waals surface area (Å²) >= 11 is 5.66. The fourth-order valence-corrected chi connectivity index (χ4v) is 3.52. The maximum Gasteiger partial charge on any atom is 0.418 e. The van der Waals surface area contributed by atoms with E-state index in [-0.39, 0.29) is 17.3 Å². The van der Waals surface area contributed by atoms with E-state index in [2.05, 4.69) is 5.32 Å². The van der Waals surface area contributed by atoms with Gasteiger partial charge in [-0.1, -0.05) is 35.9 Å². The number of rotatable bonds is 4. The third-order valence-electron chi connectivity index (χ3n) is 4.73. The van der Waals surface area contributed by atoms with Gasteiger partial charge in [-0.3, -0.25) is 14.5 Å². The van der Waals surface area contributed by atoms with Crippen molar-refractivity contribution in [1.82, 2.24) is 4.90 Å². The van der Waals surface area contributed by atoms with Gasteiger partial charge in [0.05, 0.1) is 24.9 Å². The van der Waals surface area contributed by atoms with Gasteiger partial charge in [-0.05, 0) is 35.7 Å². The van der Waals surface area contributed by atoms with Crippen LogP contribution in [-0.2, 0) is 33.5 Å². The molecule has 0 radical (unpaired) electrons. The van der Waals surface area contributed by atoms with Crippen molar-refractivity contribution in [2.45, 2.75) is 25.2 Å². The second-order valence-electron chi connectivity index (χ2n) is 6.65. The highest BCUT2D eigenvalue weighted by molar-refractivity contribution is 6.30. The molecule has 2 aromatic carbocycles. The Morgan fingerprint density at radius 1 is 1.21 bits per heavy atom. The minimum atomic E-state index is -4.67. The number of amides is 1. The van der Waals surface area contributed by atoms with E-state index in [1.165, 1.54) is 13.2 Å². The number of nitrogens with one attached hydrogen (secondary N) is 1. The number of ether oxygens (including phenoxy) is 1. The Hall–Kier alpha value is -2.58. The third-order valence-corrected chi connectivity index (χ3v) is 4.96. The first-order chi connectivity index (χ1) is 13.7. The molecule has 0 spiro atoms. The molecular weight excluding hydrogens is 409 g/mol. The van der Waals surface area contributed by atoms with Crippen LogP contribution in [0.3, 0.4) is 0 Å². The number of nitrogens with zero attached hydrogens (tertiary/aromatic N) is 1. The zero-order chi connectivity index (χ0) is 21.2. The van der Waals surface area contributed by atoms with E-state index in [1.54, 1.807) is 4.90 Å². The molecule has 1 unspecified atom stereocenters. The van der Waals surface area contributed by atoms with E-state index in [0.717, 1.165) is 23.3 Å². The summed E-state index contributed by atoms with van der Waals surface area (Å²) < 4.78 is 44.5. The zero-order valence-corrected chi connectivity index (χ0v) is 16.2. The van der Waals surface area contributed by atoms with Gasteiger partial charge in [0.2, 0.25) is 5.91 Å². The Balaban J connectivity index is 1.80. The summed E-state index contributed by atoms with van der Waals surface area (Å²) in [7, 11) is 1.25. The lowest BCUT2D eigenvalue weighted by atomic mass is 9.94. The van der Waals surface area contributed by atoms with Crippen molar-refractivity contribution < 1.29 is 27.5 Å². The van der Waals surface area contributed by atoms with Crippen molar-refractivity contribution in [2.24, 2.45) is 0 Å². The van der Waals surface area contributed by atoms with E-state index in [4.69, 9.17) is 16.3 Å². The van der Waals surface area contributed by atoms with Gasteiger partial charge < -0.3 is 10.1 Å². The number of carbonyl (C=O) groups is 2. The molecule has 1 amide bonds. The maximum atomic E-state index is 13.2. The third kappa shape index (κ3) is 4.89. The molecule has 1 aliphatic heterocycles. The van der Waals surface area contributed by atoms with Crippen LogP contribution in [0.2, 0.25) is 5.02 Å². The number of benzene rings is 2. The lowest BCUT2D eigenvalue weighted by Crippen LogP contribution is -2.49. The molecule has 3 rings (SSSR count). The smallest absolute Gasteiger partial charge is 0.418 e. The number of halogens is 4. The van der Waals surface area contributed by atoms with Crippen molar-refractivity contribution in [3.05, 3.63) is 64.2 Å². The van der Waals surface area contributed by atoms with Crippen LogP contribution in [0.5, 0.6) is 0 Å². The lowest BCUT2D eigenvalue weighted by Gasteiger charge is -2.34. The van der Waals surface area contributed by atoms with Crippen LogP contribution >= 0.6 is 11.6 Å². The molecule has 0 saturated carbocycles. The Morgan fingerprint density at radius 3 is 2.55 bits per heavy atom. The number of alkyl halides is 3. The minimum Gasteiger partial charge on any atom is -0.468 e. The molecular formula is C20H18ClF3N2O3. The topological polar surface area (TPSA) is 58.6 Å². The molecule has 1 atom stereocenters. The van der Waals surface area contributed by atoms with Crippen LogP contribution in [0.15, 0.2) is 42.5 Å². The number of hydrogen-bond donors (Lipinski definition) is 1. The highest BCUT2D eigenvalue weighted by Gasteiger charge is 2.36. The van der Waals surface area contributed by atoms with Gasteiger partial charge in [-0.2, -0.15) is 13.2 Å².